The summed E-state index contributed by atoms with van der Waals surface area (Å²) in [5, 5.41) is 11.2. The molecule has 26 heavy (non-hydrogen) atoms. The molecule has 0 amide bonds. The molecule has 6 heteroatoms. The second-order valence-electron chi connectivity index (χ2n) is 6.89. The molecule has 1 aliphatic rings. The number of phenols is 1. The third-order valence-corrected chi connectivity index (χ3v) is 5.84. The molecule has 0 bridgehead atoms. The van der Waals surface area contributed by atoms with E-state index < -0.39 is 0 Å². The van der Waals surface area contributed by atoms with Crippen LogP contribution >= 0.6 is 11.8 Å². The lowest BCUT2D eigenvalue weighted by Gasteiger charge is -2.21. The first-order valence-corrected chi connectivity index (χ1v) is 10.3. The van der Waals surface area contributed by atoms with Crippen molar-refractivity contribution in [2.24, 2.45) is 0 Å². The third kappa shape index (κ3) is 4.30. The Balaban J connectivity index is 1.90. The van der Waals surface area contributed by atoms with E-state index in [1.54, 1.807) is 12.3 Å². The summed E-state index contributed by atoms with van der Waals surface area (Å²) < 4.78 is 5.85. The van der Waals surface area contributed by atoms with Gasteiger partial charge in [0, 0.05) is 35.7 Å². The number of hydrogen-bond donors (Lipinski definition) is 1. The number of benzene rings is 1. The van der Waals surface area contributed by atoms with Crippen molar-refractivity contribution in [1.29, 1.82) is 0 Å². The van der Waals surface area contributed by atoms with Gasteiger partial charge in [0.2, 0.25) is 0 Å². The lowest BCUT2D eigenvalue weighted by molar-refractivity contribution is 0.221. The molecule has 0 aliphatic carbocycles. The quantitative estimate of drug-likeness (QED) is 0.860. The van der Waals surface area contributed by atoms with E-state index in [1.165, 1.54) is 0 Å². The van der Waals surface area contributed by atoms with Gasteiger partial charge in [0.1, 0.15) is 6.61 Å². The van der Waals surface area contributed by atoms with E-state index in [2.05, 4.69) is 34.1 Å². The summed E-state index contributed by atoms with van der Waals surface area (Å²) in [5.41, 5.74) is 4.43. The van der Waals surface area contributed by atoms with Gasteiger partial charge in [-0.25, -0.2) is 4.98 Å². The maximum Gasteiger partial charge on any atom is 0.165 e. The van der Waals surface area contributed by atoms with Crippen LogP contribution in [0.1, 0.15) is 30.3 Å². The van der Waals surface area contributed by atoms with Crippen LogP contribution in [-0.4, -0.2) is 51.2 Å². The summed E-state index contributed by atoms with van der Waals surface area (Å²) in [6, 6.07) is 3.82. The fourth-order valence-electron chi connectivity index (χ4n) is 3.17. The van der Waals surface area contributed by atoms with Gasteiger partial charge in [-0.05, 0) is 45.2 Å². The molecule has 1 aromatic heterocycles. The second-order valence-corrected chi connectivity index (χ2v) is 8.16. The van der Waals surface area contributed by atoms with Crippen molar-refractivity contribution in [3.8, 4) is 22.8 Å². The Hall–Kier alpha value is -1.79. The van der Waals surface area contributed by atoms with Gasteiger partial charge in [-0.15, -0.1) is 0 Å². The Morgan fingerprint density at radius 1 is 1.35 bits per heavy atom. The van der Waals surface area contributed by atoms with Gasteiger partial charge in [-0.3, -0.25) is 9.88 Å². The van der Waals surface area contributed by atoms with Crippen LogP contribution in [0.3, 0.4) is 0 Å². The fraction of sp³-hybridized carbons (Fsp3) is 0.500. The number of aryl methyl sites for hydroxylation is 2. The molecule has 0 fully saturated rings. The number of aromatic hydroxyl groups is 1. The van der Waals surface area contributed by atoms with Crippen molar-refractivity contribution < 1.29 is 9.84 Å². The Morgan fingerprint density at radius 2 is 2.15 bits per heavy atom. The van der Waals surface area contributed by atoms with E-state index in [9.17, 15) is 5.11 Å². The maximum atomic E-state index is 10.5. The molecule has 0 saturated carbocycles. The summed E-state index contributed by atoms with van der Waals surface area (Å²) in [6.45, 7) is 9.39. The van der Waals surface area contributed by atoms with Crippen molar-refractivity contribution in [2.45, 2.75) is 39.0 Å². The number of ether oxygens (including phenoxy) is 1. The Kier molecular flexibility index (Phi) is 6.04. The molecule has 5 nitrogen and oxygen atoms in total. The van der Waals surface area contributed by atoms with Crippen LogP contribution < -0.4 is 4.74 Å². The van der Waals surface area contributed by atoms with Gasteiger partial charge >= 0.3 is 0 Å². The van der Waals surface area contributed by atoms with Crippen molar-refractivity contribution in [1.82, 2.24) is 14.9 Å². The summed E-state index contributed by atoms with van der Waals surface area (Å²) in [6.07, 6.45) is 5.06. The van der Waals surface area contributed by atoms with Gasteiger partial charge in [0.15, 0.2) is 11.5 Å². The van der Waals surface area contributed by atoms with Crippen LogP contribution in [0, 0.1) is 13.8 Å². The number of thioether (sulfide) groups is 1. The first-order chi connectivity index (χ1) is 12.5. The number of hydrogen-bond acceptors (Lipinski definition) is 6. The normalized spacial score (nSPS) is 15.8. The van der Waals surface area contributed by atoms with Crippen molar-refractivity contribution in [3.63, 3.8) is 0 Å². The van der Waals surface area contributed by atoms with E-state index in [1.807, 2.05) is 25.6 Å². The van der Waals surface area contributed by atoms with Crippen LogP contribution in [0.25, 0.3) is 11.3 Å². The minimum absolute atomic E-state index is 0.180. The Labute approximate surface area is 159 Å². The highest BCUT2D eigenvalue weighted by atomic mass is 32.2. The van der Waals surface area contributed by atoms with Gasteiger partial charge in [-0.2, -0.15) is 11.8 Å². The molecular weight excluding hydrogens is 346 g/mol. The smallest absolute Gasteiger partial charge is 0.165 e. The molecule has 0 saturated heterocycles. The molecule has 1 N–H and O–H groups in total. The van der Waals surface area contributed by atoms with Gasteiger partial charge in [0.25, 0.3) is 0 Å². The zero-order valence-corrected chi connectivity index (χ0v) is 16.8. The van der Waals surface area contributed by atoms with Crippen LogP contribution in [0.4, 0.5) is 0 Å². The van der Waals surface area contributed by atoms with E-state index in [0.717, 1.165) is 54.3 Å². The SMILES string of the molecule is CS[C@@H](C)CCN1CCOc2c(O)cc(-c3nc(C)cnc3C)cc2C1. The van der Waals surface area contributed by atoms with Gasteiger partial charge in [0.05, 0.1) is 17.1 Å². The van der Waals surface area contributed by atoms with Crippen LogP contribution in [0.15, 0.2) is 18.3 Å². The van der Waals surface area contributed by atoms with Crippen molar-refractivity contribution in [3.05, 3.63) is 35.3 Å². The molecule has 2 heterocycles. The highest BCUT2D eigenvalue weighted by molar-refractivity contribution is 7.99. The first kappa shape index (κ1) is 19.0. The van der Waals surface area contributed by atoms with Gasteiger partial charge < -0.3 is 9.84 Å². The number of nitrogens with zero attached hydrogens (tertiary/aromatic N) is 3. The minimum Gasteiger partial charge on any atom is -0.504 e. The summed E-state index contributed by atoms with van der Waals surface area (Å²) in [4.78, 5) is 11.4. The molecule has 140 valence electrons. The molecule has 2 aromatic rings. The minimum atomic E-state index is 0.180. The average molecular weight is 374 g/mol. The molecule has 1 atom stereocenters. The van der Waals surface area contributed by atoms with E-state index >= 15 is 0 Å². The predicted octanol–water partition coefficient (Wildman–Crippen LogP) is 3.80. The zero-order valence-electron chi connectivity index (χ0n) is 16.0. The average Bonchev–Trinajstić information content (AvgIpc) is 2.84. The lowest BCUT2D eigenvalue weighted by atomic mass is 10.0. The first-order valence-electron chi connectivity index (χ1n) is 9.02. The Bertz CT molecular complexity index is 782. The largest absolute Gasteiger partial charge is 0.504 e. The van der Waals surface area contributed by atoms with Gasteiger partial charge in [-0.1, -0.05) is 6.92 Å². The van der Waals surface area contributed by atoms with Crippen molar-refractivity contribution >= 4 is 11.8 Å². The summed E-state index contributed by atoms with van der Waals surface area (Å²) in [7, 11) is 0. The number of fused-ring (bicyclic) bond motifs is 1. The fourth-order valence-corrected chi connectivity index (χ4v) is 3.51. The third-order valence-electron chi connectivity index (χ3n) is 4.80. The zero-order chi connectivity index (χ0) is 18.7. The van der Waals surface area contributed by atoms with E-state index in [4.69, 9.17) is 4.74 Å². The molecule has 1 aromatic carbocycles. The number of phenolic OH excluding ortho intramolecular Hbond substituents is 1. The molecular formula is C20H27N3O2S. The van der Waals surface area contributed by atoms with E-state index in [-0.39, 0.29) is 5.75 Å². The molecule has 0 radical (unpaired) electrons. The molecule has 3 rings (SSSR count). The maximum absolute atomic E-state index is 10.5. The topological polar surface area (TPSA) is 58.5 Å². The predicted molar refractivity (Wildman–Crippen MR) is 107 cm³/mol. The highest BCUT2D eigenvalue weighted by Gasteiger charge is 2.21. The number of aromatic nitrogens is 2. The Morgan fingerprint density at radius 3 is 2.92 bits per heavy atom. The van der Waals surface area contributed by atoms with E-state index in [0.29, 0.717) is 17.6 Å². The van der Waals surface area contributed by atoms with Crippen LogP contribution in [0.5, 0.6) is 11.5 Å². The summed E-state index contributed by atoms with van der Waals surface area (Å²) in [5.74, 6) is 0.784. The van der Waals surface area contributed by atoms with Crippen LogP contribution in [0.2, 0.25) is 0 Å². The highest BCUT2D eigenvalue weighted by Crippen LogP contribution is 2.37. The monoisotopic (exact) mass is 373 g/mol. The summed E-state index contributed by atoms with van der Waals surface area (Å²) >= 11 is 1.90. The number of rotatable bonds is 5. The van der Waals surface area contributed by atoms with Crippen molar-refractivity contribution in [2.75, 3.05) is 26.0 Å². The molecule has 0 unspecified atom stereocenters. The van der Waals surface area contributed by atoms with Crippen LogP contribution in [-0.2, 0) is 6.54 Å². The lowest BCUT2D eigenvalue weighted by Crippen LogP contribution is -2.28. The second kappa shape index (κ2) is 8.27. The molecule has 1 aliphatic heterocycles. The standard InChI is InChI=1S/C20H27N3O2S/c1-13-11-21-15(3)19(22-13)16-9-17-12-23(6-5-14(2)26-4)7-8-25-20(17)18(24)10-16/h9-11,14,24H,5-8,12H2,1-4H3/t14-/m0/s1. The molecule has 0 spiro atoms.